The summed E-state index contributed by atoms with van der Waals surface area (Å²) >= 11 is 3.40. The molecule has 0 aliphatic rings. The fourth-order valence-corrected chi connectivity index (χ4v) is 2.48. The topological polar surface area (TPSA) is 96.9 Å². The lowest BCUT2D eigenvalue weighted by molar-refractivity contribution is -0.121. The Labute approximate surface area is 156 Å². The number of hydrogen-bond donors (Lipinski definition) is 3. The summed E-state index contributed by atoms with van der Waals surface area (Å²) in [5.41, 5.74) is 0.863. The Morgan fingerprint density at radius 3 is 2.76 bits per heavy atom. The Hall–Kier alpha value is -1.80. The number of halogens is 1. The Bertz CT molecular complexity index is 568. The number of nitrogens with one attached hydrogen (secondary N) is 2. The third-order valence-electron chi connectivity index (χ3n) is 3.41. The van der Waals surface area contributed by atoms with Crippen molar-refractivity contribution in [3.63, 3.8) is 0 Å². The van der Waals surface area contributed by atoms with Gasteiger partial charge in [0.05, 0.1) is 19.8 Å². The number of alkyl carbamates (subject to hydrolysis) is 1. The number of ether oxygens (including phenoxy) is 2. The Morgan fingerprint density at radius 1 is 1.32 bits per heavy atom. The van der Waals surface area contributed by atoms with Crippen molar-refractivity contribution in [3.05, 3.63) is 28.2 Å². The first-order chi connectivity index (χ1) is 12.0. The minimum Gasteiger partial charge on any atom is -0.493 e. The minimum absolute atomic E-state index is 0.0647. The highest BCUT2D eigenvalue weighted by Crippen LogP contribution is 2.29. The first kappa shape index (κ1) is 21.2. The van der Waals surface area contributed by atoms with Gasteiger partial charge in [0.1, 0.15) is 5.75 Å². The molecule has 0 aromatic heterocycles. The monoisotopic (exact) mass is 416 g/mol. The lowest BCUT2D eigenvalue weighted by Gasteiger charge is -2.19. The van der Waals surface area contributed by atoms with Crippen molar-refractivity contribution in [1.29, 1.82) is 0 Å². The number of amides is 2. The first-order valence-electron chi connectivity index (χ1n) is 8.12. The number of benzene rings is 1. The molecule has 1 aromatic rings. The maximum atomic E-state index is 12.0. The maximum absolute atomic E-state index is 12.0. The van der Waals surface area contributed by atoms with E-state index < -0.39 is 6.09 Å². The van der Waals surface area contributed by atoms with Crippen LogP contribution in [0.2, 0.25) is 0 Å². The summed E-state index contributed by atoms with van der Waals surface area (Å²) in [6, 6.07) is 5.40. The zero-order valence-corrected chi connectivity index (χ0v) is 16.1. The fourth-order valence-electron chi connectivity index (χ4n) is 2.14. The average molecular weight is 417 g/mol. The maximum Gasteiger partial charge on any atom is 0.406 e. The van der Waals surface area contributed by atoms with Crippen LogP contribution in [0.15, 0.2) is 22.7 Å². The van der Waals surface area contributed by atoms with Gasteiger partial charge in [-0.15, -0.1) is 0 Å². The van der Waals surface area contributed by atoms with E-state index in [1.807, 2.05) is 25.1 Å². The van der Waals surface area contributed by atoms with Gasteiger partial charge in [-0.2, -0.15) is 0 Å². The smallest absolute Gasteiger partial charge is 0.406 e. The molecule has 2 amide bonds. The minimum atomic E-state index is -0.506. The highest BCUT2D eigenvalue weighted by Gasteiger charge is 2.15. The van der Waals surface area contributed by atoms with Crippen molar-refractivity contribution in [2.45, 2.75) is 32.2 Å². The molecule has 0 aliphatic heterocycles. The normalized spacial score (nSPS) is 11.5. The molecule has 1 aromatic carbocycles. The lowest BCUT2D eigenvalue weighted by Crippen LogP contribution is -2.29. The van der Waals surface area contributed by atoms with Crippen LogP contribution in [0.1, 0.15) is 37.8 Å². The molecule has 8 heteroatoms. The van der Waals surface area contributed by atoms with Gasteiger partial charge in [-0.05, 0) is 25.5 Å². The Morgan fingerprint density at radius 2 is 2.08 bits per heavy atom. The molecule has 0 heterocycles. The van der Waals surface area contributed by atoms with Gasteiger partial charge < -0.3 is 25.2 Å². The predicted molar refractivity (Wildman–Crippen MR) is 97.5 cm³/mol. The van der Waals surface area contributed by atoms with Crippen molar-refractivity contribution >= 4 is 27.9 Å². The number of hydrogen-bond acceptors (Lipinski definition) is 5. The molecule has 0 saturated heterocycles. The number of methoxy groups -OCH3 is 1. The molecular formula is C17H25BrN2O5. The number of rotatable bonds is 10. The van der Waals surface area contributed by atoms with Crippen LogP contribution >= 0.6 is 15.9 Å². The third kappa shape index (κ3) is 8.22. The predicted octanol–water partition coefficient (Wildman–Crippen LogP) is 2.52. The number of aliphatic hydroxyl groups is 1. The van der Waals surface area contributed by atoms with Crippen LogP contribution in [-0.4, -0.2) is 44.0 Å². The second-order valence-corrected chi connectivity index (χ2v) is 6.33. The molecule has 140 valence electrons. The Kier molecular flexibility index (Phi) is 9.94. The molecule has 1 rings (SSSR count). The standard InChI is InChI=1S/C17H25BrN2O5/c1-12(20-16(22)5-3-8-19-17(23)24-2)14-7-6-13(18)11-15(14)25-10-4-9-21/h6-7,11-12,21H,3-5,8-10H2,1-2H3,(H,19,23)(H,20,22)/t12-/m1/s1. The largest absolute Gasteiger partial charge is 0.493 e. The molecule has 0 unspecified atom stereocenters. The summed E-state index contributed by atoms with van der Waals surface area (Å²) in [4.78, 5) is 23.0. The van der Waals surface area contributed by atoms with Crippen LogP contribution in [0, 0.1) is 0 Å². The van der Waals surface area contributed by atoms with Gasteiger partial charge >= 0.3 is 6.09 Å². The van der Waals surface area contributed by atoms with Gasteiger partial charge in [-0.1, -0.05) is 22.0 Å². The molecule has 1 atom stereocenters. The summed E-state index contributed by atoms with van der Waals surface area (Å²) in [6.07, 6.45) is 0.854. The van der Waals surface area contributed by atoms with Crippen LogP contribution in [0.5, 0.6) is 5.75 Å². The van der Waals surface area contributed by atoms with Gasteiger partial charge in [0.2, 0.25) is 5.91 Å². The molecule has 0 aliphatic carbocycles. The van der Waals surface area contributed by atoms with E-state index >= 15 is 0 Å². The molecule has 7 nitrogen and oxygen atoms in total. The SMILES string of the molecule is COC(=O)NCCCC(=O)N[C@H](C)c1ccc(Br)cc1OCCCO. The van der Waals surface area contributed by atoms with E-state index in [-0.39, 0.29) is 18.6 Å². The number of carbonyl (C=O) groups is 2. The zero-order chi connectivity index (χ0) is 18.7. The fraction of sp³-hybridized carbons (Fsp3) is 0.529. The van der Waals surface area contributed by atoms with Crippen molar-refractivity contribution in [2.24, 2.45) is 0 Å². The summed E-state index contributed by atoms with van der Waals surface area (Å²) in [7, 11) is 1.29. The van der Waals surface area contributed by atoms with E-state index in [0.717, 1.165) is 10.0 Å². The molecule has 0 fully saturated rings. The van der Waals surface area contributed by atoms with Crippen molar-refractivity contribution in [2.75, 3.05) is 26.9 Å². The molecular weight excluding hydrogens is 392 g/mol. The lowest BCUT2D eigenvalue weighted by atomic mass is 10.1. The number of aliphatic hydroxyl groups excluding tert-OH is 1. The molecule has 25 heavy (non-hydrogen) atoms. The first-order valence-corrected chi connectivity index (χ1v) is 8.91. The van der Waals surface area contributed by atoms with Crippen molar-refractivity contribution in [1.82, 2.24) is 10.6 Å². The average Bonchev–Trinajstić information content (AvgIpc) is 2.58. The molecule has 0 bridgehead atoms. The van der Waals surface area contributed by atoms with Gasteiger partial charge in [0, 0.05) is 36.0 Å². The second-order valence-electron chi connectivity index (χ2n) is 5.42. The second kappa shape index (κ2) is 11.7. The summed E-state index contributed by atoms with van der Waals surface area (Å²) in [5.74, 6) is 0.561. The summed E-state index contributed by atoms with van der Waals surface area (Å²) in [6.45, 7) is 2.73. The highest BCUT2D eigenvalue weighted by atomic mass is 79.9. The van der Waals surface area contributed by atoms with E-state index in [9.17, 15) is 9.59 Å². The quantitative estimate of drug-likeness (QED) is 0.509. The van der Waals surface area contributed by atoms with Gasteiger partial charge in [0.25, 0.3) is 0 Å². The van der Waals surface area contributed by atoms with Gasteiger partial charge in [-0.3, -0.25) is 4.79 Å². The molecule has 3 N–H and O–H groups in total. The van der Waals surface area contributed by atoms with Crippen molar-refractivity contribution in [3.8, 4) is 5.75 Å². The van der Waals surface area contributed by atoms with Crippen LogP contribution in [0.3, 0.4) is 0 Å². The van der Waals surface area contributed by atoms with Gasteiger partial charge in [-0.25, -0.2) is 4.79 Å². The van der Waals surface area contributed by atoms with Gasteiger partial charge in [0.15, 0.2) is 0 Å². The molecule has 0 spiro atoms. The van der Waals surface area contributed by atoms with Crippen LogP contribution < -0.4 is 15.4 Å². The summed E-state index contributed by atoms with van der Waals surface area (Å²) < 4.78 is 11.0. The molecule has 0 saturated carbocycles. The van der Waals surface area contributed by atoms with Crippen LogP contribution in [0.4, 0.5) is 4.79 Å². The van der Waals surface area contributed by atoms with Crippen LogP contribution in [-0.2, 0) is 9.53 Å². The third-order valence-corrected chi connectivity index (χ3v) is 3.91. The summed E-state index contributed by atoms with van der Waals surface area (Å²) in [5, 5.41) is 14.3. The van der Waals surface area contributed by atoms with E-state index in [2.05, 4.69) is 31.3 Å². The number of carbonyl (C=O) groups excluding carboxylic acids is 2. The molecule has 0 radical (unpaired) electrons. The zero-order valence-electron chi connectivity index (χ0n) is 14.5. The van der Waals surface area contributed by atoms with Crippen LogP contribution in [0.25, 0.3) is 0 Å². The highest BCUT2D eigenvalue weighted by molar-refractivity contribution is 9.10. The Balaban J connectivity index is 2.53. The van der Waals surface area contributed by atoms with E-state index in [1.165, 1.54) is 7.11 Å². The van der Waals surface area contributed by atoms with Crippen molar-refractivity contribution < 1.29 is 24.2 Å². The van der Waals surface area contributed by atoms with E-state index in [0.29, 0.717) is 38.2 Å². The van der Waals surface area contributed by atoms with E-state index in [4.69, 9.17) is 9.84 Å². The van der Waals surface area contributed by atoms with E-state index in [1.54, 1.807) is 0 Å².